The van der Waals surface area contributed by atoms with E-state index in [2.05, 4.69) is 20.8 Å². The highest BCUT2D eigenvalue weighted by Crippen LogP contribution is 2.28. The zero-order valence-electron chi connectivity index (χ0n) is 12.8. The normalized spacial score (nSPS) is 17.1. The molecule has 0 aromatic heterocycles. The van der Waals surface area contributed by atoms with Gasteiger partial charge in [-0.05, 0) is 33.1 Å². The van der Waals surface area contributed by atoms with Crippen molar-refractivity contribution in [3.63, 3.8) is 0 Å². The van der Waals surface area contributed by atoms with Crippen molar-refractivity contribution in [2.24, 2.45) is 17.3 Å². The van der Waals surface area contributed by atoms with Crippen LogP contribution in [0.25, 0.3) is 0 Å². The second kappa shape index (κ2) is 7.78. The molecule has 0 aromatic rings. The van der Waals surface area contributed by atoms with Gasteiger partial charge in [-0.25, -0.2) is 0 Å². The highest BCUT2D eigenvalue weighted by atomic mass is 16.6. The van der Waals surface area contributed by atoms with Gasteiger partial charge in [0.1, 0.15) is 6.10 Å². The number of aliphatic hydroxyl groups is 1. The minimum absolute atomic E-state index is 0.0865. The number of rotatable bonds is 7. The summed E-state index contributed by atoms with van der Waals surface area (Å²) in [5.41, 5.74) is -0.514. The fourth-order valence-corrected chi connectivity index (χ4v) is 2.05. The topological polar surface area (TPSA) is 46.5 Å². The van der Waals surface area contributed by atoms with Gasteiger partial charge in [-0.15, -0.1) is 0 Å². The summed E-state index contributed by atoms with van der Waals surface area (Å²) in [6.07, 6.45) is 2.69. The minimum atomic E-state index is -0.514. The van der Waals surface area contributed by atoms with Crippen LogP contribution in [0.5, 0.6) is 0 Å². The zero-order chi connectivity index (χ0) is 14.3. The largest absolute Gasteiger partial charge is 0.459 e. The summed E-state index contributed by atoms with van der Waals surface area (Å²) in [5, 5.41) is 9.50. The number of hydrogen-bond donors (Lipinski definition) is 1. The molecule has 0 fully saturated rings. The van der Waals surface area contributed by atoms with Crippen molar-refractivity contribution in [2.75, 3.05) is 6.61 Å². The Hall–Kier alpha value is -0.570. The van der Waals surface area contributed by atoms with Crippen molar-refractivity contribution in [1.29, 1.82) is 0 Å². The van der Waals surface area contributed by atoms with E-state index >= 15 is 0 Å². The lowest BCUT2D eigenvalue weighted by Crippen LogP contribution is -2.37. The minimum Gasteiger partial charge on any atom is -0.459 e. The lowest BCUT2D eigenvalue weighted by molar-refractivity contribution is -0.165. The van der Waals surface area contributed by atoms with E-state index in [0.717, 1.165) is 19.3 Å². The third-order valence-corrected chi connectivity index (χ3v) is 3.53. The van der Waals surface area contributed by atoms with Gasteiger partial charge in [0.15, 0.2) is 0 Å². The molecule has 0 aliphatic heterocycles. The van der Waals surface area contributed by atoms with Crippen LogP contribution in [-0.2, 0) is 9.53 Å². The summed E-state index contributed by atoms with van der Waals surface area (Å²) in [5.74, 6) is 0.470. The fourth-order valence-electron chi connectivity index (χ4n) is 2.05. The van der Waals surface area contributed by atoms with Gasteiger partial charge in [0.05, 0.1) is 12.0 Å². The molecule has 0 saturated heterocycles. The molecule has 0 radical (unpaired) electrons. The summed E-state index contributed by atoms with van der Waals surface area (Å²) in [4.78, 5) is 11.9. The summed E-state index contributed by atoms with van der Waals surface area (Å²) < 4.78 is 5.51. The number of carbonyl (C=O) groups is 1. The Morgan fingerprint density at radius 3 is 2.17 bits per heavy atom. The molecule has 3 heteroatoms. The molecular formula is C15H30O3. The van der Waals surface area contributed by atoms with E-state index in [-0.39, 0.29) is 24.6 Å². The highest BCUT2D eigenvalue weighted by molar-refractivity contribution is 5.75. The Balaban J connectivity index is 4.75. The standard InChI is InChI=1S/C15H30O3/c1-7-9-12(11(3)8-2)13(10-16)18-14(17)15(4,5)6/h11-13,16H,7-10H2,1-6H3/t11?,12-,13-/m1/s1. The maximum atomic E-state index is 11.9. The predicted molar refractivity (Wildman–Crippen MR) is 74.3 cm³/mol. The molecule has 0 saturated carbocycles. The molecule has 18 heavy (non-hydrogen) atoms. The van der Waals surface area contributed by atoms with Crippen molar-refractivity contribution >= 4 is 5.97 Å². The third-order valence-electron chi connectivity index (χ3n) is 3.53. The molecular weight excluding hydrogens is 228 g/mol. The smallest absolute Gasteiger partial charge is 0.311 e. The van der Waals surface area contributed by atoms with E-state index in [9.17, 15) is 9.90 Å². The van der Waals surface area contributed by atoms with E-state index in [1.54, 1.807) is 0 Å². The van der Waals surface area contributed by atoms with Gasteiger partial charge in [0.2, 0.25) is 0 Å². The second-order valence-corrected chi connectivity index (χ2v) is 6.21. The average molecular weight is 258 g/mol. The monoisotopic (exact) mass is 258 g/mol. The molecule has 1 unspecified atom stereocenters. The van der Waals surface area contributed by atoms with E-state index in [4.69, 9.17) is 4.74 Å². The van der Waals surface area contributed by atoms with Crippen LogP contribution in [0.1, 0.15) is 60.8 Å². The molecule has 0 amide bonds. The van der Waals surface area contributed by atoms with Crippen LogP contribution in [0.3, 0.4) is 0 Å². The number of esters is 1. The van der Waals surface area contributed by atoms with E-state index in [1.165, 1.54) is 0 Å². The highest BCUT2D eigenvalue weighted by Gasteiger charge is 2.32. The van der Waals surface area contributed by atoms with Gasteiger partial charge in [0.25, 0.3) is 0 Å². The van der Waals surface area contributed by atoms with Crippen molar-refractivity contribution in [2.45, 2.75) is 66.9 Å². The lowest BCUT2D eigenvalue weighted by atomic mass is 9.83. The second-order valence-electron chi connectivity index (χ2n) is 6.21. The zero-order valence-corrected chi connectivity index (χ0v) is 12.8. The summed E-state index contributed by atoms with van der Waals surface area (Å²) >= 11 is 0. The number of ether oxygens (including phenoxy) is 1. The van der Waals surface area contributed by atoms with Crippen LogP contribution in [0.4, 0.5) is 0 Å². The average Bonchev–Trinajstić information content (AvgIpc) is 2.31. The first-order valence-corrected chi connectivity index (χ1v) is 7.09. The Morgan fingerprint density at radius 1 is 1.28 bits per heavy atom. The molecule has 0 heterocycles. The van der Waals surface area contributed by atoms with Gasteiger partial charge in [-0.2, -0.15) is 0 Å². The summed E-state index contributed by atoms with van der Waals surface area (Å²) in [6, 6.07) is 0. The van der Waals surface area contributed by atoms with Crippen LogP contribution in [0.2, 0.25) is 0 Å². The molecule has 0 rings (SSSR count). The Kier molecular flexibility index (Phi) is 7.53. The molecule has 108 valence electrons. The summed E-state index contributed by atoms with van der Waals surface area (Å²) in [7, 11) is 0. The first kappa shape index (κ1) is 17.4. The van der Waals surface area contributed by atoms with E-state index in [0.29, 0.717) is 5.92 Å². The SMILES string of the molecule is CCC[C@H](C(C)CC)[C@@H](CO)OC(=O)C(C)(C)C. The molecule has 0 aliphatic rings. The third kappa shape index (κ3) is 5.38. The maximum Gasteiger partial charge on any atom is 0.311 e. The Bertz CT molecular complexity index is 243. The quantitative estimate of drug-likeness (QED) is 0.712. The van der Waals surface area contributed by atoms with Crippen molar-refractivity contribution in [3.05, 3.63) is 0 Å². The van der Waals surface area contributed by atoms with Crippen molar-refractivity contribution in [3.8, 4) is 0 Å². The number of aliphatic hydroxyl groups excluding tert-OH is 1. The number of hydrogen-bond acceptors (Lipinski definition) is 3. The van der Waals surface area contributed by atoms with Gasteiger partial charge >= 0.3 is 5.97 Å². The molecule has 3 atom stereocenters. The van der Waals surface area contributed by atoms with E-state index < -0.39 is 5.41 Å². The van der Waals surface area contributed by atoms with E-state index in [1.807, 2.05) is 20.8 Å². The van der Waals surface area contributed by atoms with Crippen LogP contribution in [-0.4, -0.2) is 23.8 Å². The molecule has 0 bridgehead atoms. The Morgan fingerprint density at radius 2 is 1.83 bits per heavy atom. The van der Waals surface area contributed by atoms with Crippen molar-refractivity contribution in [1.82, 2.24) is 0 Å². The van der Waals surface area contributed by atoms with Crippen LogP contribution < -0.4 is 0 Å². The Labute approximate surface area is 112 Å². The summed E-state index contributed by atoms with van der Waals surface area (Å²) in [6.45, 7) is 11.8. The molecule has 3 nitrogen and oxygen atoms in total. The van der Waals surface area contributed by atoms with Gasteiger partial charge < -0.3 is 9.84 Å². The molecule has 1 N–H and O–H groups in total. The van der Waals surface area contributed by atoms with Crippen LogP contribution in [0.15, 0.2) is 0 Å². The molecule has 0 aliphatic carbocycles. The number of carbonyl (C=O) groups excluding carboxylic acids is 1. The first-order valence-electron chi connectivity index (χ1n) is 7.09. The maximum absolute atomic E-state index is 11.9. The van der Waals surface area contributed by atoms with Crippen LogP contribution in [0, 0.1) is 17.3 Å². The fraction of sp³-hybridized carbons (Fsp3) is 0.933. The van der Waals surface area contributed by atoms with Gasteiger partial charge in [-0.3, -0.25) is 4.79 Å². The van der Waals surface area contributed by atoms with Crippen molar-refractivity contribution < 1.29 is 14.6 Å². The predicted octanol–water partition coefficient (Wildman–Crippen LogP) is 3.40. The molecule has 0 spiro atoms. The van der Waals surface area contributed by atoms with Gasteiger partial charge in [-0.1, -0.05) is 33.6 Å². The molecule has 0 aromatic carbocycles. The van der Waals surface area contributed by atoms with Crippen LogP contribution >= 0.6 is 0 Å². The van der Waals surface area contributed by atoms with Gasteiger partial charge in [0, 0.05) is 5.92 Å². The first-order chi connectivity index (χ1) is 8.27. The lowest BCUT2D eigenvalue weighted by Gasteiger charge is -2.31.